The van der Waals surface area contributed by atoms with Gasteiger partial charge in [0.2, 0.25) is 0 Å². The number of nitrogens with zero attached hydrogens (tertiary/aromatic N) is 4. The van der Waals surface area contributed by atoms with Crippen molar-refractivity contribution in [1.29, 1.82) is 0 Å². The first-order chi connectivity index (χ1) is 15.7. The number of rotatable bonds is 6. The van der Waals surface area contributed by atoms with E-state index >= 15 is 0 Å². The Hall–Kier alpha value is -3.39. The van der Waals surface area contributed by atoms with Crippen LogP contribution in [-0.2, 0) is 11.3 Å². The lowest BCUT2D eigenvalue weighted by atomic mass is 10.1. The van der Waals surface area contributed by atoms with E-state index in [0.717, 1.165) is 53.2 Å². The molecule has 8 heteroatoms. The van der Waals surface area contributed by atoms with Gasteiger partial charge in [-0.25, -0.2) is 4.68 Å². The van der Waals surface area contributed by atoms with Crippen molar-refractivity contribution in [2.24, 2.45) is 0 Å². The zero-order valence-corrected chi connectivity index (χ0v) is 18.4. The van der Waals surface area contributed by atoms with Crippen LogP contribution in [0, 0.1) is 0 Å². The highest BCUT2D eigenvalue weighted by atomic mass is 16.5. The molecule has 1 aliphatic heterocycles. The Balaban J connectivity index is 1.46. The summed E-state index contributed by atoms with van der Waals surface area (Å²) in [5.41, 5.74) is 3.42. The van der Waals surface area contributed by atoms with Crippen LogP contribution in [-0.4, -0.2) is 51.0 Å². The Bertz CT molecular complexity index is 1260. The van der Waals surface area contributed by atoms with E-state index < -0.39 is 0 Å². The van der Waals surface area contributed by atoms with Gasteiger partial charge in [-0.2, -0.15) is 10.2 Å². The number of benzene rings is 2. The molecule has 8 nitrogen and oxygen atoms in total. The second kappa shape index (κ2) is 8.63. The number of carbonyl (C=O) groups excluding carboxylic acids is 1. The highest BCUT2D eigenvalue weighted by Gasteiger charge is 2.23. The molecule has 1 atom stereocenters. The molecule has 166 valence electrons. The molecular formula is C24H27N5O3. The molecule has 0 radical (unpaired) electrons. The minimum absolute atomic E-state index is 0.0777. The molecule has 32 heavy (non-hydrogen) atoms. The standard InChI is InChI=1S/C24H27N5O3/c1-3-31-20-12-18(11-19-14-26-29(23(19)20)21-9-4-5-10-32-21)24(30)28(2)15-17-8-6-7-16-13-25-27-22(16)17/h6-8,11-14,21H,3-5,9-10,15H2,1-2H3,(H,25,27). The fraction of sp³-hybridized carbons (Fsp3) is 0.375. The molecule has 3 heterocycles. The minimum Gasteiger partial charge on any atom is -0.492 e. The molecule has 4 aromatic rings. The maximum atomic E-state index is 13.3. The summed E-state index contributed by atoms with van der Waals surface area (Å²) >= 11 is 0. The third-order valence-electron chi connectivity index (χ3n) is 5.95. The average Bonchev–Trinajstić information content (AvgIpc) is 3.47. The summed E-state index contributed by atoms with van der Waals surface area (Å²) in [6.07, 6.45) is 6.59. The molecule has 0 bridgehead atoms. The quantitative estimate of drug-likeness (QED) is 0.490. The zero-order chi connectivity index (χ0) is 22.1. The van der Waals surface area contributed by atoms with E-state index in [1.807, 2.05) is 41.9 Å². The summed E-state index contributed by atoms with van der Waals surface area (Å²) in [7, 11) is 1.81. The van der Waals surface area contributed by atoms with Gasteiger partial charge in [-0.1, -0.05) is 18.2 Å². The molecule has 0 spiro atoms. The van der Waals surface area contributed by atoms with Crippen molar-refractivity contribution in [1.82, 2.24) is 24.9 Å². The van der Waals surface area contributed by atoms with E-state index in [1.54, 1.807) is 24.3 Å². The van der Waals surface area contributed by atoms with Crippen LogP contribution >= 0.6 is 0 Å². The van der Waals surface area contributed by atoms with Gasteiger partial charge in [-0.15, -0.1) is 0 Å². The highest BCUT2D eigenvalue weighted by molar-refractivity contribution is 6.00. The number of nitrogens with one attached hydrogen (secondary N) is 1. The van der Waals surface area contributed by atoms with Crippen LogP contribution in [0.3, 0.4) is 0 Å². The van der Waals surface area contributed by atoms with E-state index in [-0.39, 0.29) is 12.1 Å². The van der Waals surface area contributed by atoms with Crippen LogP contribution in [0.25, 0.3) is 21.8 Å². The fourth-order valence-electron chi connectivity index (χ4n) is 4.39. The lowest BCUT2D eigenvalue weighted by Crippen LogP contribution is -2.26. The molecule has 1 N–H and O–H groups in total. The molecular weight excluding hydrogens is 406 g/mol. The summed E-state index contributed by atoms with van der Waals surface area (Å²) < 4.78 is 13.8. The number of amides is 1. The number of aromatic amines is 1. The number of para-hydroxylation sites is 1. The van der Waals surface area contributed by atoms with Crippen molar-refractivity contribution in [3.8, 4) is 5.75 Å². The number of hydrogen-bond acceptors (Lipinski definition) is 5. The molecule has 2 aromatic carbocycles. The van der Waals surface area contributed by atoms with E-state index in [1.165, 1.54) is 0 Å². The second-order valence-electron chi connectivity index (χ2n) is 8.17. The Morgan fingerprint density at radius 1 is 1.28 bits per heavy atom. The van der Waals surface area contributed by atoms with Gasteiger partial charge in [0.15, 0.2) is 6.23 Å². The maximum Gasteiger partial charge on any atom is 0.254 e. The van der Waals surface area contributed by atoms with E-state index in [4.69, 9.17) is 9.47 Å². The maximum absolute atomic E-state index is 13.3. The number of hydrogen-bond donors (Lipinski definition) is 1. The van der Waals surface area contributed by atoms with Gasteiger partial charge >= 0.3 is 0 Å². The first kappa shape index (κ1) is 20.5. The van der Waals surface area contributed by atoms with Crippen LogP contribution in [0.5, 0.6) is 5.75 Å². The molecule has 5 rings (SSSR count). The fourth-order valence-corrected chi connectivity index (χ4v) is 4.39. The minimum atomic E-state index is -0.0976. The number of carbonyl (C=O) groups is 1. The van der Waals surface area contributed by atoms with Gasteiger partial charge in [0.05, 0.1) is 24.5 Å². The van der Waals surface area contributed by atoms with Crippen molar-refractivity contribution >= 4 is 27.7 Å². The number of aromatic nitrogens is 4. The largest absolute Gasteiger partial charge is 0.492 e. The van der Waals surface area contributed by atoms with Gasteiger partial charge in [-0.05, 0) is 43.9 Å². The summed E-state index contributed by atoms with van der Waals surface area (Å²) in [4.78, 5) is 15.0. The first-order valence-electron chi connectivity index (χ1n) is 11.1. The van der Waals surface area contributed by atoms with E-state index in [2.05, 4.69) is 15.3 Å². The normalized spacial score (nSPS) is 16.5. The molecule has 0 saturated carbocycles. The monoisotopic (exact) mass is 433 g/mol. The molecule has 0 aliphatic carbocycles. The molecule has 1 fully saturated rings. The van der Waals surface area contributed by atoms with E-state index in [9.17, 15) is 4.79 Å². The summed E-state index contributed by atoms with van der Waals surface area (Å²) in [5.74, 6) is 0.579. The van der Waals surface area contributed by atoms with Crippen LogP contribution in [0.2, 0.25) is 0 Å². The Kier molecular flexibility index (Phi) is 5.53. The third kappa shape index (κ3) is 3.71. The van der Waals surface area contributed by atoms with Crippen molar-refractivity contribution in [3.05, 3.63) is 53.9 Å². The van der Waals surface area contributed by atoms with E-state index in [0.29, 0.717) is 24.5 Å². The second-order valence-corrected chi connectivity index (χ2v) is 8.17. The van der Waals surface area contributed by atoms with Crippen LogP contribution < -0.4 is 4.74 Å². The summed E-state index contributed by atoms with van der Waals surface area (Å²) in [6, 6.07) is 9.70. The SMILES string of the molecule is CCOc1cc(C(=O)N(C)Cc2cccc3cn[nH]c23)cc2cnn(C3CCCCO3)c12. The lowest BCUT2D eigenvalue weighted by molar-refractivity contribution is -0.0368. The van der Waals surface area contributed by atoms with Crippen LogP contribution in [0.15, 0.2) is 42.7 Å². The van der Waals surface area contributed by atoms with Crippen molar-refractivity contribution in [3.63, 3.8) is 0 Å². The number of fused-ring (bicyclic) bond motifs is 2. The van der Waals surface area contributed by atoms with Gasteiger partial charge < -0.3 is 14.4 Å². The van der Waals surface area contributed by atoms with Crippen molar-refractivity contribution < 1.29 is 14.3 Å². The topological polar surface area (TPSA) is 85.3 Å². The molecule has 1 saturated heterocycles. The smallest absolute Gasteiger partial charge is 0.254 e. The van der Waals surface area contributed by atoms with Gasteiger partial charge in [-0.3, -0.25) is 9.89 Å². The molecule has 1 aliphatic rings. The number of ether oxygens (including phenoxy) is 2. The molecule has 2 aromatic heterocycles. The average molecular weight is 434 g/mol. The highest BCUT2D eigenvalue weighted by Crippen LogP contribution is 2.33. The Labute approximate surface area is 186 Å². The van der Waals surface area contributed by atoms with Crippen LogP contribution in [0.1, 0.15) is 48.3 Å². The third-order valence-corrected chi connectivity index (χ3v) is 5.95. The van der Waals surface area contributed by atoms with Crippen molar-refractivity contribution in [2.75, 3.05) is 20.3 Å². The van der Waals surface area contributed by atoms with Gasteiger partial charge in [0.1, 0.15) is 11.3 Å². The molecule has 1 unspecified atom stereocenters. The summed E-state index contributed by atoms with van der Waals surface area (Å²) in [5, 5.41) is 13.6. The predicted octanol–water partition coefficient (Wildman–Crippen LogP) is 4.28. The number of H-pyrrole nitrogens is 1. The predicted molar refractivity (Wildman–Crippen MR) is 122 cm³/mol. The van der Waals surface area contributed by atoms with Crippen molar-refractivity contribution in [2.45, 2.75) is 39.0 Å². The Morgan fingerprint density at radius 2 is 2.19 bits per heavy atom. The van der Waals surface area contributed by atoms with Gasteiger partial charge in [0.25, 0.3) is 5.91 Å². The Morgan fingerprint density at radius 3 is 3.00 bits per heavy atom. The lowest BCUT2D eigenvalue weighted by Gasteiger charge is -2.24. The zero-order valence-electron chi connectivity index (χ0n) is 18.4. The van der Waals surface area contributed by atoms with Gasteiger partial charge in [0, 0.05) is 36.5 Å². The molecule has 1 amide bonds. The van der Waals surface area contributed by atoms with Crippen LogP contribution in [0.4, 0.5) is 0 Å². The first-order valence-corrected chi connectivity index (χ1v) is 11.1. The summed E-state index contributed by atoms with van der Waals surface area (Å²) in [6.45, 7) is 3.65.